The van der Waals surface area contributed by atoms with E-state index in [1.807, 2.05) is 43.3 Å². The van der Waals surface area contributed by atoms with Gasteiger partial charge in [0.05, 0.1) is 22.2 Å². The van der Waals surface area contributed by atoms with Gasteiger partial charge in [-0.05, 0) is 25.1 Å². The molecule has 18 heavy (non-hydrogen) atoms. The van der Waals surface area contributed by atoms with Crippen molar-refractivity contribution < 1.29 is 13.2 Å². The normalized spacial score (nSPS) is 30.9. The van der Waals surface area contributed by atoms with E-state index in [9.17, 15) is 8.42 Å². The van der Waals surface area contributed by atoms with Crippen LogP contribution < -0.4 is 0 Å². The Morgan fingerprint density at radius 3 is 2.33 bits per heavy atom. The maximum absolute atomic E-state index is 12.3. The molecule has 98 valence electrons. The summed E-state index contributed by atoms with van der Waals surface area (Å²) in [6, 6.07) is 9.24. The zero-order valence-electron chi connectivity index (χ0n) is 10.3. The number of hydrogen-bond acceptors (Lipinski definition) is 3. The van der Waals surface area contributed by atoms with E-state index >= 15 is 0 Å². The summed E-state index contributed by atoms with van der Waals surface area (Å²) in [6.45, 7) is 1.87. The van der Waals surface area contributed by atoms with Crippen LogP contribution >= 0.6 is 0 Å². The second kappa shape index (κ2) is 5.91. The summed E-state index contributed by atoms with van der Waals surface area (Å²) in [7, 11) is -2.19. The van der Waals surface area contributed by atoms with Crippen LogP contribution in [0.15, 0.2) is 47.4 Å². The van der Waals surface area contributed by atoms with E-state index in [1.165, 1.54) is 0 Å². The van der Waals surface area contributed by atoms with Crippen molar-refractivity contribution >= 4 is 21.6 Å². The van der Waals surface area contributed by atoms with Crippen LogP contribution in [-0.4, -0.2) is 31.5 Å². The highest BCUT2D eigenvalue weighted by molar-refractivity contribution is 7.86. The van der Waals surface area contributed by atoms with Crippen LogP contribution in [-0.2, 0) is 26.3 Å². The third-order valence-corrected chi connectivity index (χ3v) is 5.57. The Labute approximate surface area is 112 Å². The second-order valence-electron chi connectivity index (χ2n) is 4.17. The van der Waals surface area contributed by atoms with Crippen molar-refractivity contribution in [3.05, 3.63) is 42.5 Å². The molecule has 5 heteroatoms. The molecule has 2 rings (SSSR count). The Balaban J connectivity index is 2.15. The Kier molecular flexibility index (Phi) is 4.48. The summed E-state index contributed by atoms with van der Waals surface area (Å²) in [5.41, 5.74) is -0.456. The fourth-order valence-electron chi connectivity index (χ4n) is 1.88. The number of hydrogen-bond donors (Lipinski definition) is 0. The summed E-state index contributed by atoms with van der Waals surface area (Å²) < 4.78 is 29.4. The molecule has 2 unspecified atom stereocenters. The van der Waals surface area contributed by atoms with Gasteiger partial charge < -0.3 is 4.74 Å². The average Bonchev–Trinajstić information content (AvgIpc) is 2.38. The van der Waals surface area contributed by atoms with Gasteiger partial charge in [-0.1, -0.05) is 24.3 Å². The largest absolute Gasteiger partial charge is 0.356 e. The van der Waals surface area contributed by atoms with Crippen LogP contribution in [0.3, 0.4) is 0 Å². The van der Waals surface area contributed by atoms with Gasteiger partial charge in [-0.2, -0.15) is 0 Å². The van der Waals surface area contributed by atoms with E-state index in [2.05, 4.69) is 0 Å². The second-order valence-corrected chi connectivity index (χ2v) is 7.24. The van der Waals surface area contributed by atoms with Crippen LogP contribution in [0.25, 0.3) is 0 Å². The maximum atomic E-state index is 12.3. The molecular weight excluding hydrogens is 268 g/mol. The Morgan fingerprint density at radius 1 is 1.11 bits per heavy atom. The van der Waals surface area contributed by atoms with Crippen LogP contribution in [0.5, 0.6) is 0 Å². The molecule has 0 saturated carbocycles. The summed E-state index contributed by atoms with van der Waals surface area (Å²) in [4.78, 5) is 0.746. The Hall–Kier alpha value is -0.780. The number of benzene rings is 1. The van der Waals surface area contributed by atoms with Crippen molar-refractivity contribution in [2.75, 3.05) is 6.26 Å². The molecule has 0 aromatic heterocycles. The van der Waals surface area contributed by atoms with Crippen molar-refractivity contribution in [1.29, 1.82) is 0 Å². The van der Waals surface area contributed by atoms with E-state index in [0.29, 0.717) is 0 Å². The molecule has 0 aliphatic carbocycles. The van der Waals surface area contributed by atoms with Crippen molar-refractivity contribution in [3.8, 4) is 0 Å². The summed E-state index contributed by atoms with van der Waals surface area (Å²) in [5, 5.41) is -0.117. The van der Waals surface area contributed by atoms with Crippen molar-refractivity contribution in [2.24, 2.45) is 0 Å². The molecule has 5 atom stereocenters. The first kappa shape index (κ1) is 13.6. The third-order valence-electron chi connectivity index (χ3n) is 2.84. The lowest BCUT2D eigenvalue weighted by Crippen LogP contribution is -2.37. The third kappa shape index (κ3) is 2.96. The molecule has 1 aliphatic heterocycles. The van der Waals surface area contributed by atoms with E-state index in [-0.39, 0.29) is 11.4 Å². The topological polar surface area (TPSA) is 43.4 Å². The first-order valence-electron chi connectivity index (χ1n) is 5.71. The van der Waals surface area contributed by atoms with Gasteiger partial charge in [-0.25, -0.2) is 0 Å². The zero-order valence-corrected chi connectivity index (χ0v) is 11.9. The fourth-order valence-corrected chi connectivity index (χ4v) is 4.00. The Morgan fingerprint density at radius 2 is 1.78 bits per heavy atom. The molecule has 0 spiro atoms. The highest BCUT2D eigenvalue weighted by Gasteiger charge is 2.29. The van der Waals surface area contributed by atoms with E-state index in [1.54, 1.807) is 12.3 Å². The fraction of sp³-hybridized carbons (Fsp3) is 0.385. The minimum atomic E-state index is -1.23. The van der Waals surface area contributed by atoms with Crippen LogP contribution in [0.2, 0.25) is 0 Å². The van der Waals surface area contributed by atoms with E-state index in [0.717, 1.165) is 4.90 Å². The van der Waals surface area contributed by atoms with Crippen molar-refractivity contribution in [3.63, 3.8) is 0 Å². The van der Waals surface area contributed by atoms with Gasteiger partial charge in [0, 0.05) is 22.0 Å². The first-order valence-corrected chi connectivity index (χ1v) is 8.54. The summed E-state index contributed by atoms with van der Waals surface area (Å²) in [6.07, 6.45) is 5.09. The molecule has 3 nitrogen and oxygen atoms in total. The first-order chi connectivity index (χ1) is 8.59. The van der Waals surface area contributed by atoms with Crippen LogP contribution in [0.1, 0.15) is 6.92 Å². The lowest BCUT2D eigenvalue weighted by molar-refractivity contribution is 0.0634. The minimum absolute atomic E-state index is 0.117. The van der Waals surface area contributed by atoms with Gasteiger partial charge >= 0.3 is 0 Å². The molecule has 1 aromatic rings. The van der Waals surface area contributed by atoms with Crippen molar-refractivity contribution in [1.82, 2.24) is 0 Å². The maximum Gasteiger partial charge on any atom is 0.155 e. The molecule has 0 radical (unpaired) electrons. The van der Waals surface area contributed by atoms with E-state index < -0.39 is 27.0 Å². The SMILES string of the molecule is C[C@H]1O[C@H](S(=O)c2ccccc2)C=C[C@@H]1S(C)=O. The number of rotatable bonds is 3. The Bertz CT molecular complexity index is 484. The average molecular weight is 284 g/mol. The van der Waals surface area contributed by atoms with Crippen LogP contribution in [0.4, 0.5) is 0 Å². The van der Waals surface area contributed by atoms with E-state index in [4.69, 9.17) is 4.74 Å². The molecule has 1 aliphatic rings. The molecule has 0 amide bonds. The molecule has 1 aromatic carbocycles. The summed E-state index contributed by atoms with van der Waals surface area (Å²) in [5.74, 6) is 0. The lowest BCUT2D eigenvalue weighted by atomic mass is 10.2. The van der Waals surface area contributed by atoms with Crippen LogP contribution in [0, 0.1) is 0 Å². The van der Waals surface area contributed by atoms with Gasteiger partial charge in [-0.15, -0.1) is 0 Å². The summed E-state index contributed by atoms with van der Waals surface area (Å²) >= 11 is 0. The molecule has 0 bridgehead atoms. The van der Waals surface area contributed by atoms with Gasteiger partial charge in [0.2, 0.25) is 0 Å². The number of ether oxygens (including phenoxy) is 1. The predicted octanol–water partition coefficient (Wildman–Crippen LogP) is 1.84. The van der Waals surface area contributed by atoms with Gasteiger partial charge in [0.15, 0.2) is 5.44 Å². The molecule has 0 fully saturated rings. The molecular formula is C13H16O3S2. The highest BCUT2D eigenvalue weighted by atomic mass is 32.2. The standard InChI is InChI=1S/C13H16O3S2/c1-10-12(17(2)14)8-9-13(16-10)18(15)11-6-4-3-5-7-11/h3-10,12-13H,1-2H3/t10-,12+,13-,17?,18?/m1/s1. The highest BCUT2D eigenvalue weighted by Crippen LogP contribution is 2.22. The molecule has 0 saturated heterocycles. The quantitative estimate of drug-likeness (QED) is 0.796. The van der Waals surface area contributed by atoms with Gasteiger partial charge in [0.25, 0.3) is 0 Å². The predicted molar refractivity (Wildman–Crippen MR) is 74.2 cm³/mol. The molecule has 1 heterocycles. The zero-order chi connectivity index (χ0) is 13.1. The lowest BCUT2D eigenvalue weighted by Gasteiger charge is -2.28. The van der Waals surface area contributed by atoms with Gasteiger partial charge in [0.1, 0.15) is 0 Å². The molecule has 0 N–H and O–H groups in total. The smallest absolute Gasteiger partial charge is 0.155 e. The minimum Gasteiger partial charge on any atom is -0.356 e. The van der Waals surface area contributed by atoms with Gasteiger partial charge in [-0.3, -0.25) is 8.42 Å². The monoisotopic (exact) mass is 284 g/mol. The van der Waals surface area contributed by atoms with Crippen molar-refractivity contribution in [2.45, 2.75) is 28.6 Å².